The topological polar surface area (TPSA) is 63.8 Å². The van der Waals surface area contributed by atoms with Gasteiger partial charge in [-0.25, -0.2) is 0 Å². The molecule has 18 heavy (non-hydrogen) atoms. The highest BCUT2D eigenvalue weighted by Crippen LogP contribution is 2.21. The monoisotopic (exact) mass is 266 g/mol. The van der Waals surface area contributed by atoms with Gasteiger partial charge in [-0.1, -0.05) is 23.7 Å². The van der Waals surface area contributed by atoms with Crippen LogP contribution >= 0.6 is 11.6 Å². The molecule has 0 aromatic carbocycles. The number of hydrogen-bond donors (Lipinski definition) is 1. The lowest BCUT2D eigenvalue weighted by Gasteiger charge is -2.14. The van der Waals surface area contributed by atoms with Crippen LogP contribution in [-0.2, 0) is 0 Å². The Labute approximate surface area is 111 Å². The Morgan fingerprint density at radius 2 is 2.11 bits per heavy atom. The Morgan fingerprint density at radius 3 is 2.72 bits per heavy atom. The molecule has 0 saturated heterocycles. The Balaban J connectivity index is 2.22. The Kier molecular flexibility index (Phi) is 3.93. The van der Waals surface area contributed by atoms with Crippen LogP contribution in [0.25, 0.3) is 11.5 Å². The van der Waals surface area contributed by atoms with Gasteiger partial charge < -0.3 is 9.84 Å². The minimum atomic E-state index is 0.142. The SMILES string of the molecule is CNC(C)C(C)c1nc(-c2ccc(Cl)cn2)no1. The fraction of sp³-hybridized carbons (Fsp3) is 0.417. The molecule has 2 aromatic rings. The first-order valence-electron chi connectivity index (χ1n) is 5.74. The summed E-state index contributed by atoms with van der Waals surface area (Å²) in [7, 11) is 1.90. The van der Waals surface area contributed by atoms with E-state index in [4.69, 9.17) is 16.1 Å². The van der Waals surface area contributed by atoms with E-state index in [-0.39, 0.29) is 12.0 Å². The van der Waals surface area contributed by atoms with Crippen LogP contribution in [0.5, 0.6) is 0 Å². The molecule has 2 heterocycles. The Bertz CT molecular complexity index is 511. The van der Waals surface area contributed by atoms with Gasteiger partial charge in [-0.2, -0.15) is 4.98 Å². The van der Waals surface area contributed by atoms with E-state index in [2.05, 4.69) is 27.4 Å². The van der Waals surface area contributed by atoms with Crippen molar-refractivity contribution in [2.24, 2.45) is 0 Å². The maximum atomic E-state index is 5.78. The highest BCUT2D eigenvalue weighted by Gasteiger charge is 2.20. The quantitative estimate of drug-likeness (QED) is 0.921. The van der Waals surface area contributed by atoms with Crippen molar-refractivity contribution in [2.45, 2.75) is 25.8 Å². The predicted molar refractivity (Wildman–Crippen MR) is 69.5 cm³/mol. The van der Waals surface area contributed by atoms with E-state index in [1.165, 1.54) is 0 Å². The van der Waals surface area contributed by atoms with Gasteiger partial charge in [0.15, 0.2) is 0 Å². The van der Waals surface area contributed by atoms with Crippen LogP contribution in [0.4, 0.5) is 0 Å². The summed E-state index contributed by atoms with van der Waals surface area (Å²) in [5.74, 6) is 1.23. The second-order valence-corrected chi connectivity index (χ2v) is 4.62. The average Bonchev–Trinajstić information content (AvgIpc) is 2.87. The van der Waals surface area contributed by atoms with Gasteiger partial charge in [0.25, 0.3) is 0 Å². The molecule has 0 aliphatic heterocycles. The van der Waals surface area contributed by atoms with Crippen molar-refractivity contribution in [3.8, 4) is 11.5 Å². The molecule has 2 aromatic heterocycles. The fourth-order valence-corrected chi connectivity index (χ4v) is 1.61. The normalized spacial score (nSPS) is 14.4. The summed E-state index contributed by atoms with van der Waals surface area (Å²) in [5, 5.41) is 7.68. The molecule has 0 spiro atoms. The molecular formula is C12H15ClN4O. The summed E-state index contributed by atoms with van der Waals surface area (Å²) >= 11 is 5.78. The second kappa shape index (κ2) is 5.46. The summed E-state index contributed by atoms with van der Waals surface area (Å²) in [4.78, 5) is 8.51. The summed E-state index contributed by atoms with van der Waals surface area (Å²) in [6, 6.07) is 3.78. The third-order valence-corrected chi connectivity index (χ3v) is 3.22. The molecule has 2 rings (SSSR count). The molecule has 2 unspecified atom stereocenters. The number of aromatic nitrogens is 3. The van der Waals surface area contributed by atoms with E-state index in [9.17, 15) is 0 Å². The number of hydrogen-bond acceptors (Lipinski definition) is 5. The molecule has 0 amide bonds. The van der Waals surface area contributed by atoms with Crippen LogP contribution in [0.2, 0.25) is 5.02 Å². The molecule has 0 fully saturated rings. The van der Waals surface area contributed by atoms with Gasteiger partial charge in [-0.05, 0) is 26.1 Å². The molecule has 1 N–H and O–H groups in total. The fourth-order valence-electron chi connectivity index (χ4n) is 1.50. The van der Waals surface area contributed by atoms with Crippen molar-refractivity contribution < 1.29 is 4.52 Å². The highest BCUT2D eigenvalue weighted by molar-refractivity contribution is 6.30. The molecule has 0 aliphatic rings. The summed E-state index contributed by atoms with van der Waals surface area (Å²) < 4.78 is 5.26. The second-order valence-electron chi connectivity index (χ2n) is 4.18. The van der Waals surface area contributed by atoms with E-state index in [1.807, 2.05) is 14.0 Å². The molecule has 0 radical (unpaired) electrons. The Morgan fingerprint density at radius 1 is 1.33 bits per heavy atom. The number of nitrogens with one attached hydrogen (secondary N) is 1. The number of nitrogens with zero attached hydrogens (tertiary/aromatic N) is 3. The highest BCUT2D eigenvalue weighted by atomic mass is 35.5. The molecule has 96 valence electrons. The number of halogens is 1. The van der Waals surface area contributed by atoms with Crippen molar-refractivity contribution in [3.63, 3.8) is 0 Å². The van der Waals surface area contributed by atoms with Crippen LogP contribution in [0, 0.1) is 0 Å². The average molecular weight is 267 g/mol. The summed E-state index contributed by atoms with van der Waals surface area (Å²) in [6.07, 6.45) is 1.56. The van der Waals surface area contributed by atoms with E-state index >= 15 is 0 Å². The van der Waals surface area contributed by atoms with Gasteiger partial charge in [0.1, 0.15) is 5.69 Å². The van der Waals surface area contributed by atoms with E-state index < -0.39 is 0 Å². The first kappa shape index (κ1) is 13.0. The third kappa shape index (κ3) is 2.68. The lowest BCUT2D eigenvalue weighted by Crippen LogP contribution is -2.27. The first-order chi connectivity index (χ1) is 8.61. The standard InChI is InChI=1S/C12H15ClN4O/c1-7(8(2)14-3)12-16-11(17-18-12)10-5-4-9(13)6-15-10/h4-8,14H,1-3H3. The van der Waals surface area contributed by atoms with Gasteiger partial charge >= 0.3 is 0 Å². The summed E-state index contributed by atoms with van der Waals surface area (Å²) in [6.45, 7) is 4.10. The number of pyridine rings is 1. The van der Waals surface area contributed by atoms with Crippen LogP contribution in [0.3, 0.4) is 0 Å². The molecule has 0 saturated carbocycles. The lowest BCUT2D eigenvalue weighted by atomic mass is 10.0. The van der Waals surface area contributed by atoms with Crippen LogP contribution < -0.4 is 5.32 Å². The van der Waals surface area contributed by atoms with E-state index in [1.54, 1.807) is 18.3 Å². The molecule has 2 atom stereocenters. The molecule has 0 aliphatic carbocycles. The van der Waals surface area contributed by atoms with Gasteiger partial charge in [0, 0.05) is 12.2 Å². The van der Waals surface area contributed by atoms with Gasteiger partial charge in [-0.3, -0.25) is 4.98 Å². The van der Waals surface area contributed by atoms with Crippen molar-refractivity contribution in [2.75, 3.05) is 7.05 Å². The largest absolute Gasteiger partial charge is 0.339 e. The Hall–Kier alpha value is -1.46. The van der Waals surface area contributed by atoms with E-state index in [0.29, 0.717) is 22.4 Å². The number of likely N-dealkylation sites (N-methyl/N-ethyl adjacent to an activating group) is 1. The molecular weight excluding hydrogens is 252 g/mol. The van der Waals surface area contributed by atoms with Crippen LogP contribution in [0.1, 0.15) is 25.7 Å². The number of rotatable bonds is 4. The maximum Gasteiger partial charge on any atom is 0.231 e. The van der Waals surface area contributed by atoms with Crippen molar-refractivity contribution >= 4 is 11.6 Å². The van der Waals surface area contributed by atoms with Gasteiger partial charge in [0.2, 0.25) is 11.7 Å². The molecule has 5 nitrogen and oxygen atoms in total. The lowest BCUT2D eigenvalue weighted by molar-refractivity contribution is 0.336. The smallest absolute Gasteiger partial charge is 0.231 e. The summed E-state index contributed by atoms with van der Waals surface area (Å²) in [5.41, 5.74) is 0.652. The van der Waals surface area contributed by atoms with Crippen LogP contribution in [0.15, 0.2) is 22.9 Å². The minimum Gasteiger partial charge on any atom is -0.339 e. The van der Waals surface area contributed by atoms with Crippen molar-refractivity contribution in [1.82, 2.24) is 20.4 Å². The zero-order chi connectivity index (χ0) is 13.1. The minimum absolute atomic E-state index is 0.142. The van der Waals surface area contributed by atoms with Gasteiger partial charge in [0.05, 0.1) is 10.9 Å². The molecule has 0 bridgehead atoms. The first-order valence-corrected chi connectivity index (χ1v) is 6.12. The van der Waals surface area contributed by atoms with E-state index in [0.717, 1.165) is 0 Å². The zero-order valence-corrected chi connectivity index (χ0v) is 11.3. The maximum absolute atomic E-state index is 5.78. The van der Waals surface area contributed by atoms with Crippen LogP contribution in [-0.4, -0.2) is 28.2 Å². The third-order valence-electron chi connectivity index (χ3n) is 2.99. The van der Waals surface area contributed by atoms with Gasteiger partial charge in [-0.15, -0.1) is 0 Å². The zero-order valence-electron chi connectivity index (χ0n) is 10.5. The van der Waals surface area contributed by atoms with Crippen molar-refractivity contribution in [3.05, 3.63) is 29.2 Å². The predicted octanol–water partition coefficient (Wildman–Crippen LogP) is 2.50. The van der Waals surface area contributed by atoms with Crippen molar-refractivity contribution in [1.29, 1.82) is 0 Å². The molecule has 6 heteroatoms.